The summed E-state index contributed by atoms with van der Waals surface area (Å²) < 4.78 is 11.2. The molecular formula is C12H20O3. The number of hydrogen-bond donors (Lipinski definition) is 0. The van der Waals surface area contributed by atoms with Gasteiger partial charge in [-0.1, -0.05) is 6.92 Å². The Hall–Kier alpha value is -0.570. The van der Waals surface area contributed by atoms with Gasteiger partial charge in [-0.3, -0.25) is 4.79 Å². The Morgan fingerprint density at radius 3 is 2.40 bits per heavy atom. The fourth-order valence-electron chi connectivity index (χ4n) is 2.88. The van der Waals surface area contributed by atoms with Crippen molar-refractivity contribution in [2.24, 2.45) is 5.92 Å². The zero-order valence-corrected chi connectivity index (χ0v) is 9.84. The second-order valence-electron chi connectivity index (χ2n) is 5.32. The van der Waals surface area contributed by atoms with Gasteiger partial charge < -0.3 is 9.47 Å². The van der Waals surface area contributed by atoms with Crippen molar-refractivity contribution in [3.8, 4) is 0 Å². The van der Waals surface area contributed by atoms with Crippen LogP contribution in [0.25, 0.3) is 0 Å². The number of carbonyl (C=O) groups excluding carboxylic acids is 1. The van der Waals surface area contributed by atoms with Crippen molar-refractivity contribution in [2.75, 3.05) is 6.61 Å². The van der Waals surface area contributed by atoms with E-state index in [1.807, 2.05) is 0 Å². The maximum atomic E-state index is 10.8. The molecule has 0 N–H and O–H groups in total. The Morgan fingerprint density at radius 1 is 1.40 bits per heavy atom. The summed E-state index contributed by atoms with van der Waals surface area (Å²) in [5, 5.41) is 0. The fourth-order valence-corrected chi connectivity index (χ4v) is 2.88. The van der Waals surface area contributed by atoms with Crippen molar-refractivity contribution < 1.29 is 14.3 Å². The van der Waals surface area contributed by atoms with E-state index in [9.17, 15) is 4.79 Å². The van der Waals surface area contributed by atoms with Crippen LogP contribution in [0, 0.1) is 5.92 Å². The van der Waals surface area contributed by atoms with Crippen molar-refractivity contribution in [3.63, 3.8) is 0 Å². The summed E-state index contributed by atoms with van der Waals surface area (Å²) in [6.07, 6.45) is 4.53. The zero-order valence-electron chi connectivity index (χ0n) is 9.84. The van der Waals surface area contributed by atoms with Gasteiger partial charge in [0.25, 0.3) is 0 Å². The van der Waals surface area contributed by atoms with Crippen LogP contribution in [0.2, 0.25) is 0 Å². The van der Waals surface area contributed by atoms with E-state index in [1.54, 1.807) is 0 Å². The Kier molecular flexibility index (Phi) is 2.53. The van der Waals surface area contributed by atoms with Gasteiger partial charge >= 0.3 is 5.97 Å². The number of fused-ring (bicyclic) bond motifs is 2. The second kappa shape index (κ2) is 3.48. The van der Waals surface area contributed by atoms with Crippen LogP contribution in [-0.2, 0) is 14.3 Å². The normalized spacial score (nSPS) is 40.5. The van der Waals surface area contributed by atoms with E-state index in [4.69, 9.17) is 9.47 Å². The lowest BCUT2D eigenvalue weighted by Gasteiger charge is -2.31. The minimum atomic E-state index is -0.197. The van der Waals surface area contributed by atoms with Crippen LogP contribution in [0.5, 0.6) is 0 Å². The van der Waals surface area contributed by atoms with Gasteiger partial charge in [-0.05, 0) is 32.6 Å². The molecule has 0 saturated carbocycles. The quantitative estimate of drug-likeness (QED) is 0.673. The van der Waals surface area contributed by atoms with Crippen LogP contribution in [0.4, 0.5) is 0 Å². The van der Waals surface area contributed by atoms with Crippen molar-refractivity contribution >= 4 is 5.97 Å². The molecule has 2 aliphatic heterocycles. The molecule has 2 aliphatic rings. The van der Waals surface area contributed by atoms with Crippen LogP contribution in [0.1, 0.15) is 46.5 Å². The van der Waals surface area contributed by atoms with Gasteiger partial charge in [-0.2, -0.15) is 0 Å². The molecule has 0 aromatic rings. The average Bonchev–Trinajstić information content (AvgIpc) is 2.68. The number of carbonyl (C=O) groups is 1. The first-order chi connectivity index (χ1) is 6.96. The molecule has 3 nitrogen and oxygen atoms in total. The van der Waals surface area contributed by atoms with Crippen molar-refractivity contribution in [1.82, 2.24) is 0 Å². The number of hydrogen-bond acceptors (Lipinski definition) is 3. The number of rotatable bonds is 3. The lowest BCUT2D eigenvalue weighted by molar-refractivity contribution is -0.146. The van der Waals surface area contributed by atoms with E-state index in [2.05, 4.69) is 13.8 Å². The lowest BCUT2D eigenvalue weighted by Crippen LogP contribution is -2.36. The fraction of sp³-hybridized carbons (Fsp3) is 0.917. The van der Waals surface area contributed by atoms with Crippen LogP contribution in [0.3, 0.4) is 0 Å². The first-order valence-corrected chi connectivity index (χ1v) is 5.79. The van der Waals surface area contributed by atoms with E-state index in [0.717, 1.165) is 25.7 Å². The molecule has 86 valence electrons. The molecule has 1 unspecified atom stereocenters. The molecule has 2 bridgehead atoms. The highest BCUT2D eigenvalue weighted by Crippen LogP contribution is 2.53. The first kappa shape index (κ1) is 10.9. The molecule has 0 aromatic carbocycles. The van der Waals surface area contributed by atoms with Crippen molar-refractivity contribution in [1.29, 1.82) is 0 Å². The Balaban J connectivity index is 1.96. The SMILES string of the molecule is CC(=O)OCC(C)C12CCC(C)(CC1)O2. The highest BCUT2D eigenvalue weighted by Gasteiger charge is 2.55. The molecule has 2 heterocycles. The van der Waals surface area contributed by atoms with Gasteiger partial charge in [-0.15, -0.1) is 0 Å². The van der Waals surface area contributed by atoms with E-state index in [-0.39, 0.29) is 17.2 Å². The Morgan fingerprint density at radius 2 is 2.00 bits per heavy atom. The maximum absolute atomic E-state index is 10.8. The molecule has 0 amide bonds. The van der Waals surface area contributed by atoms with Gasteiger partial charge in [0.05, 0.1) is 17.8 Å². The smallest absolute Gasteiger partial charge is 0.302 e. The Labute approximate surface area is 91.1 Å². The minimum Gasteiger partial charge on any atom is -0.465 e. The standard InChI is InChI=1S/C12H20O3/c1-9(8-14-10(2)13)12-6-4-11(3,15-12)5-7-12/h9H,4-8H2,1-3H3. The van der Waals surface area contributed by atoms with Crippen LogP contribution in [-0.4, -0.2) is 23.8 Å². The van der Waals surface area contributed by atoms with E-state index < -0.39 is 0 Å². The van der Waals surface area contributed by atoms with Crippen LogP contribution >= 0.6 is 0 Å². The molecule has 2 rings (SSSR count). The Bertz CT molecular complexity index is 264. The minimum absolute atomic E-state index is 0.00972. The summed E-state index contributed by atoms with van der Waals surface area (Å²) >= 11 is 0. The summed E-state index contributed by atoms with van der Waals surface area (Å²) in [5.41, 5.74) is 0.0919. The largest absolute Gasteiger partial charge is 0.465 e. The summed E-state index contributed by atoms with van der Waals surface area (Å²) in [6, 6.07) is 0. The zero-order chi connectivity index (χ0) is 11.1. The number of esters is 1. The monoisotopic (exact) mass is 212 g/mol. The third-order valence-electron chi connectivity index (χ3n) is 4.04. The second-order valence-corrected chi connectivity index (χ2v) is 5.32. The number of ether oxygens (including phenoxy) is 2. The van der Waals surface area contributed by atoms with E-state index >= 15 is 0 Å². The van der Waals surface area contributed by atoms with Gasteiger partial charge in [0, 0.05) is 12.8 Å². The van der Waals surface area contributed by atoms with Gasteiger partial charge in [0.15, 0.2) is 0 Å². The molecule has 2 saturated heterocycles. The van der Waals surface area contributed by atoms with E-state index in [1.165, 1.54) is 6.92 Å². The van der Waals surface area contributed by atoms with E-state index in [0.29, 0.717) is 12.5 Å². The third kappa shape index (κ3) is 1.89. The molecular weight excluding hydrogens is 192 g/mol. The molecule has 1 atom stereocenters. The molecule has 3 heteroatoms. The molecule has 0 aliphatic carbocycles. The van der Waals surface area contributed by atoms with Crippen LogP contribution in [0.15, 0.2) is 0 Å². The predicted octanol–water partition coefficient (Wildman–Crippen LogP) is 2.29. The van der Waals surface area contributed by atoms with Gasteiger partial charge in [0.1, 0.15) is 0 Å². The predicted molar refractivity (Wildman–Crippen MR) is 56.5 cm³/mol. The average molecular weight is 212 g/mol. The highest BCUT2D eigenvalue weighted by atomic mass is 16.5. The summed E-state index contributed by atoms with van der Waals surface area (Å²) in [5.74, 6) is 0.114. The third-order valence-corrected chi connectivity index (χ3v) is 4.04. The van der Waals surface area contributed by atoms with Crippen molar-refractivity contribution in [3.05, 3.63) is 0 Å². The van der Waals surface area contributed by atoms with Crippen LogP contribution < -0.4 is 0 Å². The molecule has 0 spiro atoms. The van der Waals surface area contributed by atoms with Crippen molar-refractivity contribution in [2.45, 2.75) is 57.7 Å². The maximum Gasteiger partial charge on any atom is 0.302 e. The summed E-state index contributed by atoms with van der Waals surface area (Å²) in [4.78, 5) is 10.8. The lowest BCUT2D eigenvalue weighted by atomic mass is 9.77. The molecule has 15 heavy (non-hydrogen) atoms. The summed E-state index contributed by atoms with van der Waals surface area (Å²) in [7, 11) is 0. The van der Waals surface area contributed by atoms with Gasteiger partial charge in [-0.25, -0.2) is 0 Å². The molecule has 0 radical (unpaired) electrons. The molecule has 0 aromatic heterocycles. The first-order valence-electron chi connectivity index (χ1n) is 5.79. The molecule has 2 fully saturated rings. The van der Waals surface area contributed by atoms with Gasteiger partial charge in [0.2, 0.25) is 0 Å². The topological polar surface area (TPSA) is 35.5 Å². The summed E-state index contributed by atoms with van der Waals surface area (Å²) in [6.45, 7) is 6.27. The highest BCUT2D eigenvalue weighted by molar-refractivity contribution is 5.65.